The summed E-state index contributed by atoms with van der Waals surface area (Å²) in [5, 5.41) is 0.820. The molecule has 5 heterocycles. The molecule has 1 amide bonds. The molecule has 2 aromatic carbocycles. The summed E-state index contributed by atoms with van der Waals surface area (Å²) in [6.07, 6.45) is 6.55. The van der Waals surface area contributed by atoms with Crippen molar-refractivity contribution in [2.24, 2.45) is 0 Å². The maximum Gasteiger partial charge on any atom is 0.255 e. The number of amides is 1. The summed E-state index contributed by atoms with van der Waals surface area (Å²) in [6.45, 7) is 3.97. The van der Waals surface area contributed by atoms with Crippen LogP contribution in [0.15, 0.2) is 65.7 Å². The summed E-state index contributed by atoms with van der Waals surface area (Å²) >= 11 is 12.3. The first kappa shape index (κ1) is 32.0. The minimum atomic E-state index is -3.77. The van der Waals surface area contributed by atoms with Gasteiger partial charge in [0.25, 0.3) is 5.91 Å². The molecule has 8 rings (SSSR count). The zero-order valence-corrected chi connectivity index (χ0v) is 28.8. The topological polar surface area (TPSA) is 81.5 Å². The number of halogens is 3. The van der Waals surface area contributed by atoms with Gasteiger partial charge >= 0.3 is 0 Å². The maximum absolute atomic E-state index is 14.2. The van der Waals surface area contributed by atoms with Gasteiger partial charge in [0.15, 0.2) is 0 Å². The number of likely N-dealkylation sites (tertiary alicyclic amines) is 1. The molecular weight excluding hydrogens is 674 g/mol. The number of aromatic nitrogens is 2. The lowest BCUT2D eigenvalue weighted by Gasteiger charge is -2.43. The van der Waals surface area contributed by atoms with E-state index >= 15 is 0 Å². The smallest absolute Gasteiger partial charge is 0.255 e. The molecule has 1 aliphatic carbocycles. The Morgan fingerprint density at radius 2 is 1.60 bits per heavy atom. The van der Waals surface area contributed by atoms with Crippen LogP contribution in [0.5, 0.6) is 0 Å². The quantitative estimate of drug-likeness (QED) is 0.234. The number of anilines is 1. The third-order valence-corrected chi connectivity index (χ3v) is 12.8. The minimum Gasteiger partial charge on any atom is -0.348 e. The van der Waals surface area contributed by atoms with E-state index in [0.717, 1.165) is 60.8 Å². The summed E-state index contributed by atoms with van der Waals surface area (Å²) in [5.74, 6) is 1.45. The maximum atomic E-state index is 14.2. The molecule has 252 valence electrons. The van der Waals surface area contributed by atoms with Gasteiger partial charge in [-0.3, -0.25) is 9.20 Å². The molecule has 2 aromatic heterocycles. The molecule has 0 radical (unpaired) electrons. The SMILES string of the molecule is O=C(c1ccc(F)cc1Cl)N1C[C@H]2CC[C@@H](C1)N2c1cc(S(=O)(=O)N2CCN(CCc3ccc(Cl)cc3)CC2)cc2cnc(C3CC3)n12. The van der Waals surface area contributed by atoms with Crippen molar-refractivity contribution in [1.29, 1.82) is 0 Å². The number of imidazole rings is 1. The van der Waals surface area contributed by atoms with Gasteiger partial charge in [0, 0.05) is 68.8 Å². The van der Waals surface area contributed by atoms with E-state index in [4.69, 9.17) is 28.2 Å². The molecule has 3 saturated heterocycles. The number of sulfonamides is 1. The Bertz CT molecular complexity index is 1960. The number of piperazine rings is 2. The molecule has 13 heteroatoms. The van der Waals surface area contributed by atoms with Crippen molar-refractivity contribution < 1.29 is 17.6 Å². The minimum absolute atomic E-state index is 0.00767. The largest absolute Gasteiger partial charge is 0.348 e. The zero-order valence-electron chi connectivity index (χ0n) is 26.4. The normalized spacial score (nSPS) is 22.1. The van der Waals surface area contributed by atoms with Gasteiger partial charge in [-0.25, -0.2) is 17.8 Å². The Morgan fingerprint density at radius 1 is 0.896 bits per heavy atom. The summed E-state index contributed by atoms with van der Waals surface area (Å²) in [4.78, 5) is 25.0. The van der Waals surface area contributed by atoms with Gasteiger partial charge in [0.2, 0.25) is 10.0 Å². The van der Waals surface area contributed by atoms with E-state index < -0.39 is 15.8 Å². The van der Waals surface area contributed by atoms with Crippen molar-refractivity contribution in [2.75, 3.05) is 50.7 Å². The van der Waals surface area contributed by atoms with Gasteiger partial charge < -0.3 is 14.7 Å². The van der Waals surface area contributed by atoms with Crippen LogP contribution in [0.4, 0.5) is 10.2 Å². The van der Waals surface area contributed by atoms with Crippen LogP contribution >= 0.6 is 23.2 Å². The van der Waals surface area contributed by atoms with Crippen LogP contribution in [-0.4, -0.2) is 95.7 Å². The molecule has 48 heavy (non-hydrogen) atoms. The van der Waals surface area contributed by atoms with Crippen molar-refractivity contribution in [1.82, 2.24) is 23.5 Å². The van der Waals surface area contributed by atoms with Gasteiger partial charge in [0.05, 0.1) is 27.2 Å². The van der Waals surface area contributed by atoms with Crippen molar-refractivity contribution in [3.05, 3.63) is 93.6 Å². The lowest BCUT2D eigenvalue weighted by molar-refractivity contribution is 0.0717. The van der Waals surface area contributed by atoms with E-state index in [1.54, 1.807) is 21.5 Å². The highest BCUT2D eigenvalue weighted by atomic mass is 35.5. The number of hydrogen-bond donors (Lipinski definition) is 0. The second-order valence-electron chi connectivity index (χ2n) is 13.4. The van der Waals surface area contributed by atoms with Gasteiger partial charge in [-0.1, -0.05) is 35.3 Å². The summed E-state index contributed by atoms with van der Waals surface area (Å²) < 4.78 is 45.9. The third-order valence-electron chi connectivity index (χ3n) is 10.3. The molecule has 9 nitrogen and oxygen atoms in total. The molecule has 1 saturated carbocycles. The standard InChI is InChI=1S/C35H37Cl2FN6O3S/c36-25-5-1-23(2-6-25)11-12-40-13-15-42(16-14-40)48(46,47)30-18-29-20-39-34(24-3-4-24)44(29)33(19-30)43-27-8-9-28(43)22-41(21-27)35(45)31-10-7-26(38)17-32(31)37/h1-2,5-7,10,17-20,24,27-28H,3-4,8-9,11-16,21-22H2/t27-,28+. The number of hydrogen-bond acceptors (Lipinski definition) is 6. The Hall–Kier alpha value is -3.22. The van der Waals surface area contributed by atoms with Crippen molar-refractivity contribution >= 4 is 50.5 Å². The lowest BCUT2D eigenvalue weighted by atomic mass is 10.1. The van der Waals surface area contributed by atoms with E-state index in [1.807, 2.05) is 30.3 Å². The predicted molar refractivity (Wildman–Crippen MR) is 184 cm³/mol. The van der Waals surface area contributed by atoms with Crippen LogP contribution in [0.25, 0.3) is 5.52 Å². The highest BCUT2D eigenvalue weighted by Crippen LogP contribution is 2.43. The summed E-state index contributed by atoms with van der Waals surface area (Å²) in [5.41, 5.74) is 2.27. The van der Waals surface area contributed by atoms with Crippen LogP contribution in [0.1, 0.15) is 53.3 Å². The van der Waals surface area contributed by atoms with E-state index in [2.05, 4.69) is 14.2 Å². The molecule has 4 aromatic rings. The molecule has 2 atom stereocenters. The number of fused-ring (bicyclic) bond motifs is 3. The second-order valence-corrected chi connectivity index (χ2v) is 16.2. The predicted octanol–water partition coefficient (Wildman–Crippen LogP) is 5.70. The van der Waals surface area contributed by atoms with Gasteiger partial charge in [-0.05, 0) is 80.1 Å². The van der Waals surface area contributed by atoms with Crippen LogP contribution in [0, 0.1) is 5.82 Å². The average Bonchev–Trinajstić information content (AvgIpc) is 3.78. The van der Waals surface area contributed by atoms with Gasteiger partial charge in [-0.2, -0.15) is 4.31 Å². The first-order valence-corrected chi connectivity index (χ1v) is 18.9. The fraction of sp³-hybridized carbons (Fsp3) is 0.429. The van der Waals surface area contributed by atoms with Crippen LogP contribution in [0.3, 0.4) is 0 Å². The molecule has 2 bridgehead atoms. The number of rotatable bonds is 8. The van der Waals surface area contributed by atoms with Crippen LogP contribution in [-0.2, 0) is 16.4 Å². The van der Waals surface area contributed by atoms with Crippen molar-refractivity contribution in [3.63, 3.8) is 0 Å². The lowest BCUT2D eigenvalue weighted by Crippen LogP contribution is -2.56. The highest BCUT2D eigenvalue weighted by Gasteiger charge is 2.44. The average molecular weight is 712 g/mol. The number of nitrogens with zero attached hydrogens (tertiary/aromatic N) is 6. The van der Waals surface area contributed by atoms with E-state index in [1.165, 1.54) is 23.8 Å². The van der Waals surface area contributed by atoms with Crippen LogP contribution < -0.4 is 4.90 Å². The first-order valence-electron chi connectivity index (χ1n) is 16.7. The van der Waals surface area contributed by atoms with E-state index in [0.29, 0.717) is 45.2 Å². The van der Waals surface area contributed by atoms with Crippen molar-refractivity contribution in [2.45, 2.75) is 55.0 Å². The number of carbonyl (C=O) groups excluding carboxylic acids is 1. The Morgan fingerprint density at radius 3 is 2.27 bits per heavy atom. The van der Waals surface area contributed by atoms with E-state index in [9.17, 15) is 17.6 Å². The second kappa shape index (κ2) is 12.6. The molecular formula is C35H37Cl2FN6O3S. The first-order chi connectivity index (χ1) is 23.2. The zero-order chi connectivity index (χ0) is 33.2. The monoisotopic (exact) mass is 710 g/mol. The molecule has 0 spiro atoms. The Labute approximate surface area is 289 Å². The molecule has 0 N–H and O–H groups in total. The number of carbonyl (C=O) groups is 1. The fourth-order valence-electron chi connectivity index (χ4n) is 7.64. The van der Waals surface area contributed by atoms with Gasteiger partial charge in [0.1, 0.15) is 17.5 Å². The van der Waals surface area contributed by atoms with Crippen molar-refractivity contribution in [3.8, 4) is 0 Å². The van der Waals surface area contributed by atoms with Gasteiger partial charge in [-0.15, -0.1) is 0 Å². The van der Waals surface area contributed by atoms with E-state index in [-0.39, 0.29) is 33.5 Å². The summed E-state index contributed by atoms with van der Waals surface area (Å²) in [7, 11) is -3.77. The number of benzene rings is 2. The fourth-order valence-corrected chi connectivity index (χ4v) is 9.48. The molecule has 3 aliphatic heterocycles. The Balaban J connectivity index is 1.04. The Kier molecular flexibility index (Phi) is 8.40. The molecule has 4 aliphatic rings. The number of pyridine rings is 1. The highest BCUT2D eigenvalue weighted by molar-refractivity contribution is 7.89. The van der Waals surface area contributed by atoms with Crippen LogP contribution in [0.2, 0.25) is 10.0 Å². The summed E-state index contributed by atoms with van der Waals surface area (Å²) in [6, 6.07) is 15.3. The molecule has 0 unspecified atom stereocenters. The third kappa shape index (κ3) is 5.98. The molecule has 4 fully saturated rings.